The maximum Gasteiger partial charge on any atom is 0.357 e. The van der Waals surface area contributed by atoms with Crippen LogP contribution in [0, 0.1) is 13.8 Å². The molecule has 0 atom stereocenters. The van der Waals surface area contributed by atoms with Crippen molar-refractivity contribution in [3.8, 4) is 0 Å². The average Bonchev–Trinajstić information content (AvgIpc) is 2.08. The number of aromatic carboxylic acids is 2. The number of hydrogen-bond donors (Lipinski definition) is 2. The van der Waals surface area contributed by atoms with Crippen molar-refractivity contribution in [2.75, 3.05) is 0 Å². The molecule has 16 heavy (non-hydrogen) atoms. The van der Waals surface area contributed by atoms with Gasteiger partial charge in [-0.3, -0.25) is 0 Å². The van der Waals surface area contributed by atoms with Crippen LogP contribution in [0.5, 0.6) is 0 Å². The minimum atomic E-state index is -1.39. The van der Waals surface area contributed by atoms with E-state index in [0.29, 0.717) is 11.4 Å². The van der Waals surface area contributed by atoms with Crippen molar-refractivity contribution in [2.24, 2.45) is 0 Å². The number of hydrogen-bond acceptors (Lipinski definition) is 4. The Morgan fingerprint density at radius 1 is 0.875 bits per heavy atom. The van der Waals surface area contributed by atoms with E-state index in [1.807, 2.05) is 0 Å². The van der Waals surface area contributed by atoms with Crippen LogP contribution >= 0.6 is 0 Å². The maximum atomic E-state index is 10.6. The van der Waals surface area contributed by atoms with E-state index < -0.39 is 23.3 Å². The summed E-state index contributed by atoms with van der Waals surface area (Å²) in [4.78, 5) is 28.5. The summed E-state index contributed by atoms with van der Waals surface area (Å²) in [5.74, 6) is -2.78. The van der Waals surface area contributed by atoms with Crippen LogP contribution in [0.1, 0.15) is 32.4 Å². The van der Waals surface area contributed by atoms with Crippen LogP contribution in [0.3, 0.4) is 0 Å². The lowest BCUT2D eigenvalue weighted by Gasteiger charge is -2.03. The lowest BCUT2D eigenvalue weighted by Crippen LogP contribution is -2.15. The predicted octanol–water partition coefficient (Wildman–Crippen LogP) is -1.16. The minimum Gasteiger partial charge on any atom is -0.476 e. The van der Waals surface area contributed by atoms with Crippen molar-refractivity contribution in [1.82, 2.24) is 9.97 Å². The van der Waals surface area contributed by atoms with E-state index in [-0.39, 0.29) is 11.0 Å². The molecule has 0 amide bonds. The van der Waals surface area contributed by atoms with Gasteiger partial charge >= 0.3 is 11.9 Å². The number of carboxylic acid groups (broad SMARTS) is 2. The zero-order chi connectivity index (χ0) is 10.9. The molecule has 0 saturated carbocycles. The van der Waals surface area contributed by atoms with Gasteiger partial charge in [-0.15, -0.1) is 0 Å². The van der Waals surface area contributed by atoms with E-state index in [2.05, 4.69) is 9.97 Å². The summed E-state index contributed by atoms with van der Waals surface area (Å²) in [5, 5.41) is 17.3. The highest BCUT2D eigenvalue weighted by Gasteiger charge is 2.20. The molecular formula is C8H12N2O6. The van der Waals surface area contributed by atoms with Crippen molar-refractivity contribution in [1.29, 1.82) is 0 Å². The molecule has 0 radical (unpaired) electrons. The molecule has 1 heterocycles. The molecule has 90 valence electrons. The summed E-state index contributed by atoms with van der Waals surface area (Å²) in [6.45, 7) is 3.14. The number of carboxylic acids is 2. The van der Waals surface area contributed by atoms with E-state index in [1.54, 1.807) is 13.8 Å². The Bertz CT molecular complexity index is 378. The van der Waals surface area contributed by atoms with Crippen LogP contribution < -0.4 is 0 Å². The Kier molecular flexibility index (Phi) is 5.87. The molecule has 8 heteroatoms. The lowest BCUT2D eigenvalue weighted by atomic mass is 10.2. The largest absolute Gasteiger partial charge is 0.476 e. The Hall–Kier alpha value is -2.06. The van der Waals surface area contributed by atoms with Gasteiger partial charge in [0.2, 0.25) is 0 Å². The maximum absolute atomic E-state index is 10.6. The summed E-state index contributed by atoms with van der Waals surface area (Å²) in [6.07, 6.45) is 0. The van der Waals surface area contributed by atoms with Crippen LogP contribution in [0.25, 0.3) is 0 Å². The molecule has 0 aliphatic rings. The summed E-state index contributed by atoms with van der Waals surface area (Å²) >= 11 is 0. The third-order valence-corrected chi connectivity index (χ3v) is 1.71. The van der Waals surface area contributed by atoms with Gasteiger partial charge in [0.25, 0.3) is 0 Å². The SMILES string of the molecule is Cc1nc(C(=O)O)c(C(=O)O)nc1C.O.O. The third-order valence-electron chi connectivity index (χ3n) is 1.71. The van der Waals surface area contributed by atoms with Gasteiger partial charge in [0.1, 0.15) is 0 Å². The van der Waals surface area contributed by atoms with Gasteiger partial charge in [-0.25, -0.2) is 19.6 Å². The summed E-state index contributed by atoms with van der Waals surface area (Å²) < 4.78 is 0. The van der Waals surface area contributed by atoms with Gasteiger partial charge in [-0.1, -0.05) is 0 Å². The van der Waals surface area contributed by atoms with E-state index in [0.717, 1.165) is 0 Å². The van der Waals surface area contributed by atoms with Crippen molar-refractivity contribution < 1.29 is 30.8 Å². The van der Waals surface area contributed by atoms with Gasteiger partial charge in [0, 0.05) is 0 Å². The van der Waals surface area contributed by atoms with Crippen LogP contribution in [0.15, 0.2) is 0 Å². The topological polar surface area (TPSA) is 163 Å². The van der Waals surface area contributed by atoms with E-state index in [4.69, 9.17) is 10.2 Å². The molecule has 0 aliphatic carbocycles. The van der Waals surface area contributed by atoms with Crippen LogP contribution in [-0.4, -0.2) is 43.1 Å². The molecule has 0 unspecified atom stereocenters. The van der Waals surface area contributed by atoms with E-state index in [1.165, 1.54) is 0 Å². The van der Waals surface area contributed by atoms with Crippen LogP contribution in [-0.2, 0) is 0 Å². The molecule has 0 saturated heterocycles. The average molecular weight is 232 g/mol. The van der Waals surface area contributed by atoms with Crippen molar-refractivity contribution >= 4 is 11.9 Å². The Labute approximate surface area is 90.2 Å². The first kappa shape index (κ1) is 16.4. The minimum absolute atomic E-state index is 0. The predicted molar refractivity (Wildman–Crippen MR) is 52.7 cm³/mol. The second-order valence-electron chi connectivity index (χ2n) is 2.70. The van der Waals surface area contributed by atoms with Gasteiger partial charge in [-0.05, 0) is 13.8 Å². The molecule has 6 N–H and O–H groups in total. The highest BCUT2D eigenvalue weighted by atomic mass is 16.4. The van der Waals surface area contributed by atoms with Gasteiger partial charge < -0.3 is 21.2 Å². The molecule has 1 rings (SSSR count). The number of rotatable bonds is 2. The van der Waals surface area contributed by atoms with Crippen LogP contribution in [0.2, 0.25) is 0 Å². The van der Waals surface area contributed by atoms with Gasteiger partial charge in [0.05, 0.1) is 11.4 Å². The second kappa shape index (κ2) is 5.73. The lowest BCUT2D eigenvalue weighted by molar-refractivity contribution is 0.0640. The highest BCUT2D eigenvalue weighted by molar-refractivity contribution is 5.98. The van der Waals surface area contributed by atoms with E-state index in [9.17, 15) is 9.59 Å². The number of aromatic nitrogens is 2. The summed E-state index contributed by atoms with van der Waals surface area (Å²) in [7, 11) is 0. The quantitative estimate of drug-likeness (QED) is 0.652. The third kappa shape index (κ3) is 2.97. The molecule has 1 aromatic rings. The first-order chi connectivity index (χ1) is 6.43. The van der Waals surface area contributed by atoms with Crippen molar-refractivity contribution in [3.63, 3.8) is 0 Å². The fourth-order valence-electron chi connectivity index (χ4n) is 0.901. The van der Waals surface area contributed by atoms with Gasteiger partial charge in [0.15, 0.2) is 11.4 Å². The number of nitrogens with zero attached hydrogens (tertiary/aromatic N) is 2. The smallest absolute Gasteiger partial charge is 0.357 e. The summed E-state index contributed by atoms with van der Waals surface area (Å²) in [5.41, 5.74) is -0.235. The van der Waals surface area contributed by atoms with Crippen LogP contribution in [0.4, 0.5) is 0 Å². The molecule has 0 bridgehead atoms. The molecule has 8 nitrogen and oxygen atoms in total. The molecule has 1 aromatic heterocycles. The molecule has 0 spiro atoms. The molecule has 0 fully saturated rings. The highest BCUT2D eigenvalue weighted by Crippen LogP contribution is 2.07. The monoisotopic (exact) mass is 232 g/mol. The molecule has 0 aromatic carbocycles. The Balaban J connectivity index is 0. The zero-order valence-corrected chi connectivity index (χ0v) is 8.61. The standard InChI is InChI=1S/C8H8N2O4.2H2O/c1-3-4(2)10-6(8(13)14)5(9-3)7(11)12;;/h1-2H3,(H,11,12)(H,13,14);2*1H2. The molecular weight excluding hydrogens is 220 g/mol. The number of aryl methyl sites for hydroxylation is 2. The zero-order valence-electron chi connectivity index (χ0n) is 8.61. The van der Waals surface area contributed by atoms with Crippen molar-refractivity contribution in [3.05, 3.63) is 22.8 Å². The number of carbonyl (C=O) groups is 2. The normalized spacial score (nSPS) is 8.62. The Morgan fingerprint density at radius 3 is 1.31 bits per heavy atom. The van der Waals surface area contributed by atoms with E-state index >= 15 is 0 Å². The fraction of sp³-hybridized carbons (Fsp3) is 0.250. The Morgan fingerprint density at radius 2 is 1.12 bits per heavy atom. The van der Waals surface area contributed by atoms with Gasteiger partial charge in [-0.2, -0.15) is 0 Å². The first-order valence-corrected chi connectivity index (χ1v) is 3.75. The first-order valence-electron chi connectivity index (χ1n) is 3.75. The summed E-state index contributed by atoms with van der Waals surface area (Å²) in [6, 6.07) is 0. The fourth-order valence-corrected chi connectivity index (χ4v) is 0.901. The van der Waals surface area contributed by atoms with Crippen molar-refractivity contribution in [2.45, 2.75) is 13.8 Å². The second-order valence-corrected chi connectivity index (χ2v) is 2.70. The molecule has 0 aliphatic heterocycles.